The number of hydrogen-bond acceptors (Lipinski definition) is 5. The molecule has 0 saturated carbocycles. The van der Waals surface area contributed by atoms with Gasteiger partial charge in [-0.1, -0.05) is 0 Å². The van der Waals surface area contributed by atoms with Crippen LogP contribution in [-0.2, 0) is 0 Å². The zero-order valence-electron chi connectivity index (χ0n) is 11.7. The van der Waals surface area contributed by atoms with Gasteiger partial charge in [0.25, 0.3) is 0 Å². The lowest BCUT2D eigenvalue weighted by atomic mass is 10.2. The molecule has 0 bridgehead atoms. The second-order valence-electron chi connectivity index (χ2n) is 4.75. The summed E-state index contributed by atoms with van der Waals surface area (Å²) >= 11 is 0. The van der Waals surface area contributed by atoms with Crippen LogP contribution in [-0.4, -0.2) is 60.5 Å². The first-order valence-electron chi connectivity index (χ1n) is 6.66. The van der Waals surface area contributed by atoms with Crippen LogP contribution in [0.15, 0.2) is 0 Å². The third-order valence-corrected chi connectivity index (χ3v) is 2.73. The first-order valence-corrected chi connectivity index (χ1v) is 6.66. The van der Waals surface area contributed by atoms with E-state index in [1.807, 2.05) is 18.0 Å². The Bertz CT molecular complexity index is 296. The molecular formula is C14H25N3O2. The Hall–Kier alpha value is -1.11. The molecule has 5 nitrogen and oxygen atoms in total. The van der Waals surface area contributed by atoms with Gasteiger partial charge in [-0.15, -0.1) is 12.3 Å². The number of hydrogen-bond donors (Lipinski definition) is 3. The minimum absolute atomic E-state index is 0.180. The van der Waals surface area contributed by atoms with Crippen LogP contribution in [0.25, 0.3) is 0 Å². The maximum Gasteiger partial charge on any atom is 0.0796 e. The van der Waals surface area contributed by atoms with E-state index in [1.165, 1.54) is 0 Å². The lowest BCUT2D eigenvalue weighted by molar-refractivity contribution is 0.128. The van der Waals surface area contributed by atoms with Crippen molar-refractivity contribution in [3.8, 4) is 18.4 Å². The normalized spacial score (nSPS) is 13.8. The Kier molecular flexibility index (Phi) is 11.3. The number of likely N-dealkylation sites (N-methyl/N-ethyl adjacent to an activating group) is 1. The Balaban J connectivity index is 3.39. The van der Waals surface area contributed by atoms with Crippen LogP contribution in [0.4, 0.5) is 0 Å². The van der Waals surface area contributed by atoms with Crippen LogP contribution in [0.2, 0.25) is 0 Å². The Morgan fingerprint density at radius 3 is 2.63 bits per heavy atom. The largest absolute Gasteiger partial charge is 0.391 e. The molecule has 0 heterocycles. The van der Waals surface area contributed by atoms with E-state index in [1.54, 1.807) is 0 Å². The number of nitrogens with one attached hydrogen (secondary N) is 1. The summed E-state index contributed by atoms with van der Waals surface area (Å²) in [5, 5.41) is 30.4. The highest BCUT2D eigenvalue weighted by atomic mass is 16.3. The van der Waals surface area contributed by atoms with Crippen molar-refractivity contribution in [2.75, 3.05) is 33.2 Å². The molecule has 0 amide bonds. The lowest BCUT2D eigenvalue weighted by Crippen LogP contribution is -2.31. The molecule has 0 aliphatic heterocycles. The quantitative estimate of drug-likeness (QED) is 0.361. The maximum atomic E-state index is 9.45. The van der Waals surface area contributed by atoms with Crippen molar-refractivity contribution in [3.63, 3.8) is 0 Å². The van der Waals surface area contributed by atoms with Gasteiger partial charge in [-0.3, -0.25) is 0 Å². The Morgan fingerprint density at radius 2 is 2.00 bits per heavy atom. The van der Waals surface area contributed by atoms with E-state index >= 15 is 0 Å². The van der Waals surface area contributed by atoms with Crippen LogP contribution < -0.4 is 5.32 Å². The van der Waals surface area contributed by atoms with E-state index in [-0.39, 0.29) is 6.42 Å². The minimum Gasteiger partial charge on any atom is -0.391 e. The third-order valence-electron chi connectivity index (χ3n) is 2.73. The van der Waals surface area contributed by atoms with Crippen molar-refractivity contribution >= 4 is 0 Å². The molecule has 19 heavy (non-hydrogen) atoms. The van der Waals surface area contributed by atoms with Crippen molar-refractivity contribution in [2.45, 2.75) is 37.9 Å². The third kappa shape index (κ3) is 11.7. The van der Waals surface area contributed by atoms with E-state index in [0.717, 1.165) is 25.9 Å². The minimum atomic E-state index is -0.563. The van der Waals surface area contributed by atoms with Crippen LogP contribution in [0.5, 0.6) is 0 Å². The smallest absolute Gasteiger partial charge is 0.0796 e. The first-order chi connectivity index (χ1) is 9.10. The Labute approximate surface area is 116 Å². The SMILES string of the molecule is C#CC[C@H](O)CNCCCCN(C)C[C@@H](O)CC#N. The summed E-state index contributed by atoms with van der Waals surface area (Å²) in [6.45, 7) is 2.79. The highest BCUT2D eigenvalue weighted by molar-refractivity contribution is 4.87. The van der Waals surface area contributed by atoms with Crippen LogP contribution in [0.1, 0.15) is 25.7 Å². The molecule has 0 saturated heterocycles. The lowest BCUT2D eigenvalue weighted by Gasteiger charge is -2.19. The van der Waals surface area contributed by atoms with E-state index in [9.17, 15) is 10.2 Å². The van der Waals surface area contributed by atoms with Gasteiger partial charge in [0.15, 0.2) is 0 Å². The molecule has 0 aliphatic carbocycles. The molecule has 0 aromatic carbocycles. The van der Waals surface area contributed by atoms with Gasteiger partial charge < -0.3 is 20.4 Å². The predicted octanol–water partition coefficient (Wildman–Crippen LogP) is -0.0532. The zero-order chi connectivity index (χ0) is 14.5. The number of terminal acetylenes is 1. The van der Waals surface area contributed by atoms with Crippen molar-refractivity contribution in [2.24, 2.45) is 0 Å². The number of aliphatic hydroxyl groups excluding tert-OH is 2. The molecule has 0 fully saturated rings. The monoisotopic (exact) mass is 267 g/mol. The van der Waals surface area contributed by atoms with E-state index in [2.05, 4.69) is 11.2 Å². The number of nitrogens with zero attached hydrogens (tertiary/aromatic N) is 2. The molecule has 0 aromatic rings. The van der Waals surface area contributed by atoms with E-state index < -0.39 is 12.2 Å². The summed E-state index contributed by atoms with van der Waals surface area (Å²) in [4.78, 5) is 2.02. The summed E-state index contributed by atoms with van der Waals surface area (Å²) in [6, 6.07) is 1.95. The fourth-order valence-electron chi connectivity index (χ4n) is 1.73. The highest BCUT2D eigenvalue weighted by Crippen LogP contribution is 1.97. The van der Waals surface area contributed by atoms with Crippen LogP contribution in [0.3, 0.4) is 0 Å². The van der Waals surface area contributed by atoms with Crippen LogP contribution in [0, 0.1) is 23.7 Å². The van der Waals surface area contributed by atoms with Gasteiger partial charge >= 0.3 is 0 Å². The first kappa shape index (κ1) is 17.9. The molecule has 0 spiro atoms. The average molecular weight is 267 g/mol. The summed E-state index contributed by atoms with van der Waals surface area (Å²) in [5.74, 6) is 2.42. The highest BCUT2D eigenvalue weighted by Gasteiger charge is 2.07. The van der Waals surface area contributed by atoms with Gasteiger partial charge in [-0.25, -0.2) is 0 Å². The second-order valence-corrected chi connectivity index (χ2v) is 4.75. The van der Waals surface area contributed by atoms with E-state index in [0.29, 0.717) is 19.5 Å². The van der Waals surface area contributed by atoms with Gasteiger partial charge in [-0.2, -0.15) is 5.26 Å². The zero-order valence-corrected chi connectivity index (χ0v) is 11.7. The fraction of sp³-hybridized carbons (Fsp3) is 0.786. The molecule has 0 unspecified atom stereocenters. The summed E-state index contributed by atoms with van der Waals surface area (Å²) in [6.07, 6.45) is 6.64. The van der Waals surface area contributed by atoms with E-state index in [4.69, 9.17) is 11.7 Å². The summed E-state index contributed by atoms with van der Waals surface area (Å²) < 4.78 is 0. The standard InChI is InChI=1S/C14H25N3O2/c1-3-6-13(18)11-16-9-4-5-10-17(2)12-14(19)7-8-15/h1,13-14,16,18-19H,4-7,9-12H2,2H3/t13-,14-/m0/s1. The van der Waals surface area contributed by atoms with Gasteiger partial charge in [-0.05, 0) is 33.0 Å². The molecule has 0 aliphatic rings. The molecule has 2 atom stereocenters. The molecule has 0 radical (unpaired) electrons. The summed E-state index contributed by atoms with van der Waals surface area (Å²) in [7, 11) is 1.94. The predicted molar refractivity (Wildman–Crippen MR) is 75.3 cm³/mol. The number of nitriles is 1. The van der Waals surface area contributed by atoms with Crippen molar-refractivity contribution < 1.29 is 10.2 Å². The Morgan fingerprint density at radius 1 is 1.26 bits per heavy atom. The topological polar surface area (TPSA) is 79.5 Å². The molecule has 108 valence electrons. The van der Waals surface area contributed by atoms with Crippen molar-refractivity contribution in [3.05, 3.63) is 0 Å². The van der Waals surface area contributed by atoms with Gasteiger partial charge in [0.1, 0.15) is 0 Å². The molecule has 5 heteroatoms. The number of unbranched alkanes of at least 4 members (excludes halogenated alkanes) is 1. The molecule has 3 N–H and O–H groups in total. The van der Waals surface area contributed by atoms with Gasteiger partial charge in [0.05, 0.1) is 24.7 Å². The van der Waals surface area contributed by atoms with Crippen LogP contribution >= 0.6 is 0 Å². The van der Waals surface area contributed by atoms with Gasteiger partial charge in [0, 0.05) is 19.5 Å². The van der Waals surface area contributed by atoms with Gasteiger partial charge in [0.2, 0.25) is 0 Å². The second kappa shape index (κ2) is 12.0. The fourth-order valence-corrected chi connectivity index (χ4v) is 1.73. The molecule has 0 rings (SSSR count). The maximum absolute atomic E-state index is 9.45. The average Bonchev–Trinajstić information content (AvgIpc) is 2.34. The molecular weight excluding hydrogens is 242 g/mol. The molecule has 0 aromatic heterocycles. The van der Waals surface area contributed by atoms with Crippen molar-refractivity contribution in [1.82, 2.24) is 10.2 Å². The summed E-state index contributed by atoms with van der Waals surface area (Å²) in [5.41, 5.74) is 0. The van der Waals surface area contributed by atoms with Crippen molar-refractivity contribution in [1.29, 1.82) is 5.26 Å². The number of aliphatic hydroxyl groups is 2. The number of rotatable bonds is 11.